The van der Waals surface area contributed by atoms with Crippen LogP contribution in [0, 0.1) is 0 Å². The van der Waals surface area contributed by atoms with Crippen molar-refractivity contribution in [2.24, 2.45) is 0 Å². The molecule has 0 aromatic heterocycles. The minimum absolute atomic E-state index is 0.157. The summed E-state index contributed by atoms with van der Waals surface area (Å²) in [5.74, 6) is -0.594. The van der Waals surface area contributed by atoms with Gasteiger partial charge < -0.3 is 10.1 Å². The first kappa shape index (κ1) is 15.0. The Morgan fingerprint density at radius 3 is 2.63 bits per heavy atom. The highest BCUT2D eigenvalue weighted by atomic mass is 16.5. The van der Waals surface area contributed by atoms with E-state index in [4.69, 9.17) is 0 Å². The molecule has 4 heteroatoms. The first-order valence-corrected chi connectivity index (χ1v) is 6.22. The van der Waals surface area contributed by atoms with Crippen molar-refractivity contribution in [1.82, 2.24) is 5.32 Å². The number of rotatable bonds is 6. The summed E-state index contributed by atoms with van der Waals surface area (Å²) in [6.07, 6.45) is 4.90. The van der Waals surface area contributed by atoms with Crippen LogP contribution in [0.2, 0.25) is 0 Å². The zero-order chi connectivity index (χ0) is 14.1. The van der Waals surface area contributed by atoms with E-state index in [1.54, 1.807) is 6.92 Å². The third-order valence-electron chi connectivity index (χ3n) is 2.58. The number of carbonyl (C=O) groups is 2. The third kappa shape index (κ3) is 5.86. The molecule has 0 saturated carbocycles. The molecule has 0 unspecified atom stereocenters. The van der Waals surface area contributed by atoms with Gasteiger partial charge in [0.15, 0.2) is 0 Å². The van der Waals surface area contributed by atoms with Gasteiger partial charge in [-0.3, -0.25) is 4.79 Å². The van der Waals surface area contributed by atoms with E-state index in [9.17, 15) is 9.59 Å². The zero-order valence-electron chi connectivity index (χ0n) is 11.3. The predicted octanol–water partition coefficient (Wildman–Crippen LogP) is 2.16. The number of amides is 1. The summed E-state index contributed by atoms with van der Waals surface area (Å²) >= 11 is 0. The summed E-state index contributed by atoms with van der Waals surface area (Å²) in [5.41, 5.74) is 1.10. The fourth-order valence-electron chi connectivity index (χ4n) is 1.55. The van der Waals surface area contributed by atoms with E-state index in [1.807, 2.05) is 42.5 Å². The van der Waals surface area contributed by atoms with Crippen molar-refractivity contribution in [3.8, 4) is 0 Å². The van der Waals surface area contributed by atoms with Crippen LogP contribution in [0.1, 0.15) is 25.3 Å². The molecule has 0 saturated heterocycles. The molecule has 0 fully saturated rings. The van der Waals surface area contributed by atoms with Crippen molar-refractivity contribution >= 4 is 18.0 Å². The molecule has 1 aromatic rings. The number of hydrogen-bond donors (Lipinski definition) is 1. The first-order valence-electron chi connectivity index (χ1n) is 6.22. The molecule has 1 aromatic carbocycles. The van der Waals surface area contributed by atoms with Gasteiger partial charge in [0.1, 0.15) is 6.04 Å². The molecule has 1 rings (SSSR count). The molecule has 0 aliphatic carbocycles. The molecule has 1 N–H and O–H groups in total. The topological polar surface area (TPSA) is 55.4 Å². The molecular weight excluding hydrogens is 242 g/mol. The van der Waals surface area contributed by atoms with Crippen molar-refractivity contribution in [3.63, 3.8) is 0 Å². The van der Waals surface area contributed by atoms with Crippen molar-refractivity contribution < 1.29 is 14.3 Å². The minimum atomic E-state index is -0.601. The molecule has 0 radical (unpaired) electrons. The Morgan fingerprint density at radius 1 is 1.32 bits per heavy atom. The van der Waals surface area contributed by atoms with Crippen molar-refractivity contribution in [2.75, 3.05) is 7.11 Å². The van der Waals surface area contributed by atoms with Crippen molar-refractivity contribution in [2.45, 2.75) is 25.8 Å². The summed E-state index contributed by atoms with van der Waals surface area (Å²) in [6.45, 7) is 1.60. The largest absolute Gasteiger partial charge is 0.467 e. The van der Waals surface area contributed by atoms with Crippen molar-refractivity contribution in [1.29, 1.82) is 0 Å². The molecule has 102 valence electrons. The highest BCUT2D eigenvalue weighted by Gasteiger charge is 2.14. The molecule has 1 atom stereocenters. The lowest BCUT2D eigenvalue weighted by molar-refractivity contribution is -0.144. The maximum absolute atomic E-state index is 11.5. The third-order valence-corrected chi connectivity index (χ3v) is 2.58. The monoisotopic (exact) mass is 261 g/mol. The highest BCUT2D eigenvalue weighted by molar-refractivity contribution is 5.84. The number of methoxy groups -OCH3 is 1. The van der Waals surface area contributed by atoms with Crippen LogP contribution in [-0.2, 0) is 14.3 Å². The van der Waals surface area contributed by atoms with E-state index in [0.29, 0.717) is 12.8 Å². The number of ether oxygens (including phenoxy) is 1. The number of benzene rings is 1. The van der Waals surface area contributed by atoms with Crippen LogP contribution in [0.25, 0.3) is 6.08 Å². The molecule has 0 bridgehead atoms. The second kappa shape index (κ2) is 8.08. The van der Waals surface area contributed by atoms with Crippen LogP contribution in [0.5, 0.6) is 0 Å². The second-order valence-electron chi connectivity index (χ2n) is 4.16. The van der Waals surface area contributed by atoms with Crippen LogP contribution in [0.3, 0.4) is 0 Å². The summed E-state index contributed by atoms with van der Waals surface area (Å²) in [4.78, 5) is 22.6. The van der Waals surface area contributed by atoms with Crippen LogP contribution in [-0.4, -0.2) is 25.0 Å². The number of esters is 1. The average molecular weight is 261 g/mol. The number of nitrogens with one attached hydrogen (secondary N) is 1. The van der Waals surface area contributed by atoms with Gasteiger partial charge in [-0.15, -0.1) is 0 Å². The Balaban J connectivity index is 2.28. The normalized spacial score (nSPS) is 12.1. The van der Waals surface area contributed by atoms with Gasteiger partial charge in [0.25, 0.3) is 0 Å². The quantitative estimate of drug-likeness (QED) is 0.798. The Hall–Kier alpha value is -2.10. The molecular formula is C15H19NO3. The van der Waals surface area contributed by atoms with E-state index < -0.39 is 12.0 Å². The van der Waals surface area contributed by atoms with E-state index in [1.165, 1.54) is 7.11 Å². The maximum atomic E-state index is 11.5. The summed E-state index contributed by atoms with van der Waals surface area (Å²) in [6, 6.07) is 9.27. The fourth-order valence-corrected chi connectivity index (χ4v) is 1.55. The summed E-state index contributed by atoms with van der Waals surface area (Å²) < 4.78 is 4.53. The van der Waals surface area contributed by atoms with Crippen molar-refractivity contribution in [3.05, 3.63) is 42.0 Å². The Labute approximate surface area is 113 Å². The van der Waals surface area contributed by atoms with E-state index in [0.717, 1.165) is 5.56 Å². The minimum Gasteiger partial charge on any atom is -0.467 e. The van der Waals surface area contributed by atoms with Gasteiger partial charge in [-0.2, -0.15) is 0 Å². The van der Waals surface area contributed by atoms with E-state index >= 15 is 0 Å². The lowest BCUT2D eigenvalue weighted by Crippen LogP contribution is -2.38. The Kier molecular flexibility index (Phi) is 6.36. The SMILES string of the molecule is COC(=O)[C@H](C)NC(=O)CCC=Cc1ccccc1. The van der Waals surface area contributed by atoms with Gasteiger partial charge in [-0.05, 0) is 18.9 Å². The van der Waals surface area contributed by atoms with Crippen LogP contribution in [0.15, 0.2) is 36.4 Å². The lowest BCUT2D eigenvalue weighted by atomic mass is 10.2. The first-order chi connectivity index (χ1) is 9.13. The smallest absolute Gasteiger partial charge is 0.328 e. The van der Waals surface area contributed by atoms with E-state index in [2.05, 4.69) is 10.1 Å². The highest BCUT2D eigenvalue weighted by Crippen LogP contribution is 2.03. The zero-order valence-corrected chi connectivity index (χ0v) is 11.3. The fraction of sp³-hybridized carbons (Fsp3) is 0.333. The van der Waals surface area contributed by atoms with Crippen LogP contribution < -0.4 is 5.32 Å². The number of carbonyl (C=O) groups excluding carboxylic acids is 2. The standard InChI is InChI=1S/C15H19NO3/c1-12(15(18)19-2)16-14(17)11-7-6-10-13-8-4-3-5-9-13/h3-6,8-10,12H,7,11H2,1-2H3,(H,16,17)/t12-/m0/s1. The van der Waals surface area contributed by atoms with Gasteiger partial charge in [0.2, 0.25) is 5.91 Å². The second-order valence-corrected chi connectivity index (χ2v) is 4.16. The van der Waals surface area contributed by atoms with Gasteiger partial charge in [0.05, 0.1) is 7.11 Å². The van der Waals surface area contributed by atoms with Crippen LogP contribution >= 0.6 is 0 Å². The molecule has 19 heavy (non-hydrogen) atoms. The average Bonchev–Trinajstić information content (AvgIpc) is 2.43. The molecule has 4 nitrogen and oxygen atoms in total. The number of hydrogen-bond acceptors (Lipinski definition) is 3. The maximum Gasteiger partial charge on any atom is 0.328 e. The van der Waals surface area contributed by atoms with Gasteiger partial charge in [-0.25, -0.2) is 4.79 Å². The lowest BCUT2D eigenvalue weighted by Gasteiger charge is -2.10. The van der Waals surface area contributed by atoms with E-state index in [-0.39, 0.29) is 5.91 Å². The molecule has 1 amide bonds. The van der Waals surface area contributed by atoms with Gasteiger partial charge in [-0.1, -0.05) is 42.5 Å². The Bertz CT molecular complexity index is 440. The van der Waals surface area contributed by atoms with Gasteiger partial charge in [0, 0.05) is 6.42 Å². The molecule has 0 heterocycles. The molecule has 0 aliphatic heterocycles. The summed E-state index contributed by atoms with van der Waals surface area (Å²) in [5, 5.41) is 2.58. The molecule has 0 aliphatic rings. The number of allylic oxidation sites excluding steroid dienone is 1. The Morgan fingerprint density at radius 2 is 2.00 bits per heavy atom. The summed E-state index contributed by atoms with van der Waals surface area (Å²) in [7, 11) is 1.30. The molecule has 0 spiro atoms. The van der Waals surface area contributed by atoms with Gasteiger partial charge >= 0.3 is 5.97 Å². The van der Waals surface area contributed by atoms with Crippen LogP contribution in [0.4, 0.5) is 0 Å². The predicted molar refractivity (Wildman–Crippen MR) is 74.3 cm³/mol.